The molecule has 0 bridgehead atoms. The molecule has 126 valence electrons. The van der Waals surface area contributed by atoms with Crippen molar-refractivity contribution >= 4 is 11.9 Å². The van der Waals surface area contributed by atoms with Gasteiger partial charge in [0, 0.05) is 13.1 Å². The molecule has 1 aromatic rings. The Morgan fingerprint density at radius 2 is 1.87 bits per heavy atom. The normalized spacial score (nSPS) is 10.0. The smallest absolute Gasteiger partial charge is 0.344 e. The zero-order valence-corrected chi connectivity index (χ0v) is 14.1. The van der Waals surface area contributed by atoms with Crippen LogP contribution >= 0.6 is 0 Å². The van der Waals surface area contributed by atoms with Crippen molar-refractivity contribution in [3.05, 3.63) is 42.0 Å². The van der Waals surface area contributed by atoms with E-state index in [0.29, 0.717) is 18.8 Å². The van der Waals surface area contributed by atoms with Gasteiger partial charge in [-0.1, -0.05) is 37.3 Å². The van der Waals surface area contributed by atoms with Gasteiger partial charge in [-0.05, 0) is 31.9 Å². The third-order valence-electron chi connectivity index (χ3n) is 3.25. The molecule has 0 heterocycles. The Labute approximate surface area is 137 Å². The van der Waals surface area contributed by atoms with E-state index in [4.69, 9.17) is 9.47 Å². The van der Waals surface area contributed by atoms with Crippen LogP contribution in [-0.2, 0) is 20.7 Å². The average Bonchev–Trinajstić information content (AvgIpc) is 2.55. The van der Waals surface area contributed by atoms with Crippen molar-refractivity contribution in [3.8, 4) is 5.75 Å². The van der Waals surface area contributed by atoms with Crippen molar-refractivity contribution in [3.63, 3.8) is 0 Å². The molecule has 5 nitrogen and oxygen atoms in total. The molecule has 0 spiro atoms. The molecule has 23 heavy (non-hydrogen) atoms. The fourth-order valence-electron chi connectivity index (χ4n) is 2.05. The number of rotatable bonds is 9. The lowest BCUT2D eigenvalue weighted by Gasteiger charge is -2.20. The molecule has 1 rings (SSSR count). The van der Waals surface area contributed by atoms with E-state index < -0.39 is 5.97 Å². The summed E-state index contributed by atoms with van der Waals surface area (Å²) in [6.07, 6.45) is 0.816. The van der Waals surface area contributed by atoms with Crippen molar-refractivity contribution in [2.75, 3.05) is 26.3 Å². The molecule has 0 saturated heterocycles. The van der Waals surface area contributed by atoms with Crippen LogP contribution in [0.3, 0.4) is 0 Å². The summed E-state index contributed by atoms with van der Waals surface area (Å²) in [5, 5.41) is 0. The Bertz CT molecular complexity index is 554. The van der Waals surface area contributed by atoms with Crippen LogP contribution in [0.1, 0.15) is 26.3 Å². The number of ether oxygens (including phenoxy) is 2. The van der Waals surface area contributed by atoms with Crippen molar-refractivity contribution in [1.29, 1.82) is 0 Å². The lowest BCUT2D eigenvalue weighted by molar-refractivity contribution is -0.153. The first-order valence-corrected chi connectivity index (χ1v) is 7.76. The van der Waals surface area contributed by atoms with Gasteiger partial charge >= 0.3 is 5.97 Å². The molecule has 0 N–H and O–H groups in total. The zero-order valence-electron chi connectivity index (χ0n) is 14.1. The van der Waals surface area contributed by atoms with Gasteiger partial charge in [0.15, 0.2) is 13.2 Å². The highest BCUT2D eigenvalue weighted by molar-refractivity contribution is 5.81. The molecule has 0 aliphatic rings. The van der Waals surface area contributed by atoms with Gasteiger partial charge in [-0.25, -0.2) is 4.79 Å². The number of para-hydroxylation sites is 1. The maximum absolute atomic E-state index is 12.0. The molecule has 0 fully saturated rings. The van der Waals surface area contributed by atoms with Gasteiger partial charge in [-0.3, -0.25) is 4.79 Å². The SMILES string of the molecule is C=C(C)CN(CC)C(=O)COC(=O)COc1ccccc1CC. The summed E-state index contributed by atoms with van der Waals surface area (Å²) in [6.45, 7) is 10.0. The highest BCUT2D eigenvalue weighted by Gasteiger charge is 2.14. The molecule has 1 aromatic carbocycles. The first-order valence-electron chi connectivity index (χ1n) is 7.76. The minimum Gasteiger partial charge on any atom is -0.482 e. The largest absolute Gasteiger partial charge is 0.482 e. The van der Waals surface area contributed by atoms with Gasteiger partial charge in [0.05, 0.1) is 0 Å². The minimum absolute atomic E-state index is 0.211. The van der Waals surface area contributed by atoms with Crippen molar-refractivity contribution < 1.29 is 19.1 Å². The Hall–Kier alpha value is -2.30. The van der Waals surface area contributed by atoms with E-state index >= 15 is 0 Å². The van der Waals surface area contributed by atoms with Gasteiger partial charge in [-0.2, -0.15) is 0 Å². The summed E-state index contributed by atoms with van der Waals surface area (Å²) in [4.78, 5) is 25.3. The van der Waals surface area contributed by atoms with Crippen LogP contribution in [0.2, 0.25) is 0 Å². The quantitative estimate of drug-likeness (QED) is 0.518. The standard InChI is InChI=1S/C18H25NO4/c1-5-15-9-7-8-10-16(15)22-13-18(21)23-12-17(20)19(6-2)11-14(3)4/h7-10H,3,5-6,11-13H2,1-2,4H3. The van der Waals surface area contributed by atoms with Gasteiger partial charge in [0.1, 0.15) is 5.75 Å². The van der Waals surface area contributed by atoms with Crippen LogP contribution < -0.4 is 4.74 Å². The van der Waals surface area contributed by atoms with Crippen LogP contribution in [0, 0.1) is 0 Å². The van der Waals surface area contributed by atoms with E-state index in [1.807, 2.05) is 45.0 Å². The highest BCUT2D eigenvalue weighted by atomic mass is 16.6. The lowest BCUT2D eigenvalue weighted by Crippen LogP contribution is -2.36. The van der Waals surface area contributed by atoms with Crippen molar-refractivity contribution in [2.24, 2.45) is 0 Å². The summed E-state index contributed by atoms with van der Waals surface area (Å²) in [6, 6.07) is 7.52. The Morgan fingerprint density at radius 3 is 2.48 bits per heavy atom. The van der Waals surface area contributed by atoms with Gasteiger partial charge in [0.2, 0.25) is 0 Å². The lowest BCUT2D eigenvalue weighted by atomic mass is 10.1. The van der Waals surface area contributed by atoms with Crippen LogP contribution in [0.5, 0.6) is 5.75 Å². The third kappa shape index (κ3) is 6.55. The molecular formula is C18H25NO4. The number of amides is 1. The predicted molar refractivity (Wildman–Crippen MR) is 89.3 cm³/mol. The molecule has 1 amide bonds. The van der Waals surface area contributed by atoms with Crippen LogP contribution in [0.15, 0.2) is 36.4 Å². The van der Waals surface area contributed by atoms with E-state index in [1.54, 1.807) is 4.90 Å². The summed E-state index contributed by atoms with van der Waals surface area (Å²) >= 11 is 0. The Morgan fingerprint density at radius 1 is 1.17 bits per heavy atom. The van der Waals surface area contributed by atoms with Crippen LogP contribution in [-0.4, -0.2) is 43.1 Å². The summed E-state index contributed by atoms with van der Waals surface area (Å²) < 4.78 is 10.4. The monoisotopic (exact) mass is 319 g/mol. The van der Waals surface area contributed by atoms with Crippen LogP contribution in [0.4, 0.5) is 0 Å². The molecule has 0 atom stereocenters. The predicted octanol–water partition coefficient (Wildman–Crippen LogP) is 2.60. The number of carbonyl (C=O) groups excluding carboxylic acids is 2. The average molecular weight is 319 g/mol. The number of aryl methyl sites for hydroxylation is 1. The number of hydrogen-bond donors (Lipinski definition) is 0. The van der Waals surface area contributed by atoms with Gasteiger partial charge < -0.3 is 14.4 Å². The maximum Gasteiger partial charge on any atom is 0.344 e. The third-order valence-corrected chi connectivity index (χ3v) is 3.25. The Kier molecular flexibility index (Phi) is 7.88. The molecule has 0 saturated carbocycles. The van der Waals surface area contributed by atoms with E-state index in [9.17, 15) is 9.59 Å². The number of benzene rings is 1. The maximum atomic E-state index is 12.0. The van der Waals surface area contributed by atoms with Gasteiger partial charge in [-0.15, -0.1) is 0 Å². The second-order valence-corrected chi connectivity index (χ2v) is 5.28. The molecule has 0 aliphatic carbocycles. The number of hydrogen-bond acceptors (Lipinski definition) is 4. The second-order valence-electron chi connectivity index (χ2n) is 5.28. The van der Waals surface area contributed by atoms with Crippen molar-refractivity contribution in [2.45, 2.75) is 27.2 Å². The number of likely N-dealkylation sites (N-methyl/N-ethyl adjacent to an activating group) is 1. The first-order chi connectivity index (χ1) is 11.0. The summed E-state index contributed by atoms with van der Waals surface area (Å²) in [5.74, 6) is -0.135. The summed E-state index contributed by atoms with van der Waals surface area (Å²) in [7, 11) is 0. The number of nitrogens with zero attached hydrogens (tertiary/aromatic N) is 1. The van der Waals surface area contributed by atoms with E-state index in [0.717, 1.165) is 17.6 Å². The molecule has 5 heteroatoms. The topological polar surface area (TPSA) is 55.8 Å². The fraction of sp³-hybridized carbons (Fsp3) is 0.444. The zero-order chi connectivity index (χ0) is 17.2. The second kappa shape index (κ2) is 9.66. The molecular weight excluding hydrogens is 294 g/mol. The Balaban J connectivity index is 2.42. The highest BCUT2D eigenvalue weighted by Crippen LogP contribution is 2.18. The van der Waals surface area contributed by atoms with Gasteiger partial charge in [0.25, 0.3) is 5.91 Å². The minimum atomic E-state index is -0.560. The molecule has 0 unspecified atom stereocenters. The van der Waals surface area contributed by atoms with Crippen LogP contribution in [0.25, 0.3) is 0 Å². The first kappa shape index (κ1) is 18.7. The van der Waals surface area contributed by atoms with E-state index in [2.05, 4.69) is 6.58 Å². The van der Waals surface area contributed by atoms with E-state index in [-0.39, 0.29) is 19.1 Å². The number of carbonyl (C=O) groups is 2. The summed E-state index contributed by atoms with van der Waals surface area (Å²) in [5.41, 5.74) is 1.90. The fourth-order valence-corrected chi connectivity index (χ4v) is 2.05. The molecule has 0 aromatic heterocycles. The van der Waals surface area contributed by atoms with Crippen molar-refractivity contribution in [1.82, 2.24) is 4.90 Å². The molecule has 0 radical (unpaired) electrons. The molecule has 0 aliphatic heterocycles. The van der Waals surface area contributed by atoms with E-state index in [1.165, 1.54) is 0 Å². The number of esters is 1.